The van der Waals surface area contributed by atoms with Crippen LogP contribution in [0.4, 0.5) is 10.1 Å². The van der Waals surface area contributed by atoms with Gasteiger partial charge in [-0.25, -0.2) is 4.39 Å². The van der Waals surface area contributed by atoms with E-state index in [1.165, 1.54) is 12.1 Å². The molecule has 0 aliphatic heterocycles. The van der Waals surface area contributed by atoms with E-state index < -0.39 is 0 Å². The van der Waals surface area contributed by atoms with Crippen LogP contribution in [0.15, 0.2) is 104 Å². The summed E-state index contributed by atoms with van der Waals surface area (Å²) in [4.78, 5) is 27.2. The predicted octanol–water partition coefficient (Wildman–Crippen LogP) is 7.17. The number of likely N-dealkylation sites (N-methyl/N-ethyl adjacent to an activating group) is 1. The Labute approximate surface area is 264 Å². The van der Waals surface area contributed by atoms with E-state index in [4.69, 9.17) is 4.74 Å². The first kappa shape index (κ1) is 28.9. The van der Waals surface area contributed by atoms with Crippen molar-refractivity contribution in [1.29, 1.82) is 0 Å². The van der Waals surface area contributed by atoms with E-state index in [0.717, 1.165) is 50.7 Å². The highest BCUT2D eigenvalue weighted by Gasteiger charge is 2.16. The molecule has 0 spiro atoms. The number of pyridine rings is 2. The summed E-state index contributed by atoms with van der Waals surface area (Å²) >= 11 is 0. The van der Waals surface area contributed by atoms with Gasteiger partial charge in [-0.1, -0.05) is 30.3 Å². The first-order chi connectivity index (χ1) is 22.4. The van der Waals surface area contributed by atoms with Crippen molar-refractivity contribution < 1.29 is 13.9 Å². The maximum atomic E-state index is 14.7. The second-order valence-electron chi connectivity index (χ2n) is 11.2. The molecule has 3 aromatic carbocycles. The van der Waals surface area contributed by atoms with Crippen molar-refractivity contribution in [1.82, 2.24) is 30.0 Å². The highest BCUT2D eigenvalue weighted by molar-refractivity contribution is 6.04. The number of halogens is 1. The molecule has 46 heavy (non-hydrogen) atoms. The molecule has 0 radical (unpaired) electrons. The molecule has 228 valence electrons. The normalized spacial score (nSPS) is 11.4. The topological polar surface area (TPSA) is 112 Å². The summed E-state index contributed by atoms with van der Waals surface area (Å²) in [5.41, 5.74) is 7.31. The maximum absolute atomic E-state index is 14.7. The van der Waals surface area contributed by atoms with Crippen LogP contribution in [0.3, 0.4) is 0 Å². The summed E-state index contributed by atoms with van der Waals surface area (Å²) in [5, 5.41) is 12.4. The lowest BCUT2D eigenvalue weighted by molar-refractivity contribution is 0.102. The Morgan fingerprint density at radius 1 is 0.891 bits per heavy atom. The molecule has 0 fully saturated rings. The second-order valence-corrected chi connectivity index (χ2v) is 11.2. The predicted molar refractivity (Wildman–Crippen MR) is 178 cm³/mol. The average Bonchev–Trinajstić information content (AvgIpc) is 3.69. The van der Waals surface area contributed by atoms with Crippen LogP contribution in [0.1, 0.15) is 10.4 Å². The number of amides is 1. The van der Waals surface area contributed by atoms with E-state index in [1.807, 2.05) is 79.7 Å². The lowest BCUT2D eigenvalue weighted by Crippen LogP contribution is -2.19. The second kappa shape index (κ2) is 12.3. The Morgan fingerprint density at radius 2 is 1.76 bits per heavy atom. The van der Waals surface area contributed by atoms with Crippen molar-refractivity contribution in [2.45, 2.75) is 0 Å². The molecule has 4 heterocycles. The van der Waals surface area contributed by atoms with Gasteiger partial charge in [0.25, 0.3) is 5.91 Å². The third kappa shape index (κ3) is 5.93. The number of carbonyl (C=O) groups is 1. The number of ether oxygens (including phenoxy) is 1. The standard InChI is InChI=1S/C36H30FN7O2/c1-44(2)11-12-46-27-15-23(13-25(37)16-27)28-9-6-10-31-29(28)17-33(41-31)35-30-18-32(39-21-34(30)42-43-35)24-14-26(20-38-19-24)40-36(45)22-7-4-3-5-8-22/h3-10,13-21,41H,11-12H2,1-2H3,(H,40,45)(H,42,43). The number of aromatic nitrogens is 5. The van der Waals surface area contributed by atoms with Gasteiger partial charge < -0.3 is 19.9 Å². The molecule has 4 aromatic heterocycles. The highest BCUT2D eigenvalue weighted by atomic mass is 19.1. The third-order valence-corrected chi connectivity index (χ3v) is 7.68. The molecular formula is C36H30FN7O2. The van der Waals surface area contributed by atoms with Crippen LogP contribution in [0.2, 0.25) is 0 Å². The van der Waals surface area contributed by atoms with Crippen molar-refractivity contribution in [2.24, 2.45) is 0 Å². The van der Waals surface area contributed by atoms with E-state index in [-0.39, 0.29) is 11.7 Å². The summed E-state index contributed by atoms with van der Waals surface area (Å²) in [6, 6.07) is 25.5. The number of hydrogen-bond acceptors (Lipinski definition) is 6. The third-order valence-electron chi connectivity index (χ3n) is 7.68. The minimum Gasteiger partial charge on any atom is -0.492 e. The molecule has 0 atom stereocenters. The van der Waals surface area contributed by atoms with Gasteiger partial charge in [0, 0.05) is 46.2 Å². The molecule has 3 N–H and O–H groups in total. The first-order valence-corrected chi connectivity index (χ1v) is 14.8. The molecule has 0 aliphatic rings. The van der Waals surface area contributed by atoms with E-state index in [1.54, 1.807) is 30.7 Å². The van der Waals surface area contributed by atoms with Crippen LogP contribution in [0.5, 0.6) is 5.75 Å². The smallest absolute Gasteiger partial charge is 0.255 e. The van der Waals surface area contributed by atoms with Gasteiger partial charge in [0.15, 0.2) is 0 Å². The molecule has 7 rings (SSSR count). The number of H-pyrrole nitrogens is 2. The molecular weight excluding hydrogens is 581 g/mol. The van der Waals surface area contributed by atoms with Crippen molar-refractivity contribution in [2.75, 3.05) is 32.6 Å². The van der Waals surface area contributed by atoms with Crippen LogP contribution in [0, 0.1) is 5.82 Å². The van der Waals surface area contributed by atoms with Gasteiger partial charge in [0.1, 0.15) is 23.9 Å². The van der Waals surface area contributed by atoms with Crippen molar-refractivity contribution in [3.63, 3.8) is 0 Å². The molecule has 10 heteroatoms. The minimum absolute atomic E-state index is 0.218. The number of nitrogens with zero attached hydrogens (tertiary/aromatic N) is 4. The number of benzene rings is 3. The SMILES string of the molecule is CN(C)CCOc1cc(F)cc(-c2cccc3[nH]c(-c4n[nH]c5cnc(-c6cncc(NC(=O)c7ccccc7)c6)cc45)cc23)c1. The van der Waals surface area contributed by atoms with Gasteiger partial charge in [-0.15, -0.1) is 0 Å². The zero-order valence-electron chi connectivity index (χ0n) is 25.2. The Morgan fingerprint density at radius 3 is 2.61 bits per heavy atom. The van der Waals surface area contributed by atoms with Gasteiger partial charge in [0.05, 0.1) is 35.0 Å². The Balaban J connectivity index is 1.21. The summed E-state index contributed by atoms with van der Waals surface area (Å²) in [6.45, 7) is 1.18. The quantitative estimate of drug-likeness (QED) is 0.160. The minimum atomic E-state index is -0.360. The largest absolute Gasteiger partial charge is 0.492 e. The van der Waals surface area contributed by atoms with Gasteiger partial charge in [-0.2, -0.15) is 5.10 Å². The zero-order valence-corrected chi connectivity index (χ0v) is 25.2. The summed E-state index contributed by atoms with van der Waals surface area (Å²) < 4.78 is 20.5. The lowest BCUT2D eigenvalue weighted by Gasteiger charge is -2.12. The van der Waals surface area contributed by atoms with Crippen molar-refractivity contribution in [3.8, 4) is 39.5 Å². The number of nitrogens with one attached hydrogen (secondary N) is 3. The lowest BCUT2D eigenvalue weighted by atomic mass is 10.0. The highest BCUT2D eigenvalue weighted by Crippen LogP contribution is 2.36. The van der Waals surface area contributed by atoms with Crippen molar-refractivity contribution in [3.05, 3.63) is 115 Å². The van der Waals surface area contributed by atoms with Gasteiger partial charge in [-0.3, -0.25) is 19.9 Å². The van der Waals surface area contributed by atoms with Gasteiger partial charge in [0.2, 0.25) is 0 Å². The molecule has 7 aromatic rings. The average molecular weight is 612 g/mol. The van der Waals surface area contributed by atoms with E-state index in [0.29, 0.717) is 35.0 Å². The molecule has 0 unspecified atom stereocenters. The first-order valence-electron chi connectivity index (χ1n) is 14.8. The van der Waals surface area contributed by atoms with Crippen LogP contribution < -0.4 is 10.1 Å². The molecule has 0 bridgehead atoms. The fraction of sp³-hybridized carbons (Fsp3) is 0.111. The van der Waals surface area contributed by atoms with E-state index >= 15 is 0 Å². The fourth-order valence-electron chi connectivity index (χ4n) is 5.40. The molecule has 1 amide bonds. The number of anilines is 1. The monoisotopic (exact) mass is 611 g/mol. The number of hydrogen-bond donors (Lipinski definition) is 3. The number of rotatable bonds is 9. The van der Waals surface area contributed by atoms with Crippen LogP contribution in [-0.2, 0) is 0 Å². The summed E-state index contributed by atoms with van der Waals surface area (Å²) in [5.74, 6) is -0.0904. The molecule has 0 aliphatic carbocycles. The summed E-state index contributed by atoms with van der Waals surface area (Å²) in [7, 11) is 3.93. The summed E-state index contributed by atoms with van der Waals surface area (Å²) in [6.07, 6.45) is 5.04. The van der Waals surface area contributed by atoms with Gasteiger partial charge >= 0.3 is 0 Å². The Kier molecular flexibility index (Phi) is 7.69. The number of fused-ring (bicyclic) bond motifs is 2. The Hall–Kier alpha value is -5.87. The maximum Gasteiger partial charge on any atom is 0.255 e. The fourth-order valence-corrected chi connectivity index (χ4v) is 5.40. The molecule has 0 saturated heterocycles. The van der Waals surface area contributed by atoms with E-state index in [2.05, 4.69) is 30.5 Å². The zero-order chi connectivity index (χ0) is 31.6. The van der Waals surface area contributed by atoms with Crippen LogP contribution in [-0.4, -0.2) is 63.2 Å². The molecule has 9 nitrogen and oxygen atoms in total. The van der Waals surface area contributed by atoms with Gasteiger partial charge in [-0.05, 0) is 73.8 Å². The van der Waals surface area contributed by atoms with Crippen LogP contribution >= 0.6 is 0 Å². The van der Waals surface area contributed by atoms with Crippen LogP contribution in [0.25, 0.3) is 55.6 Å². The Bertz CT molecular complexity index is 2190. The number of carbonyl (C=O) groups excluding carboxylic acids is 1. The molecule has 0 saturated carbocycles. The number of aromatic amines is 2. The van der Waals surface area contributed by atoms with Crippen molar-refractivity contribution >= 4 is 33.4 Å². The van der Waals surface area contributed by atoms with E-state index in [9.17, 15) is 9.18 Å².